The molecule has 1 heterocycles. The average Bonchev–Trinajstić information content (AvgIpc) is 2.74. The number of amides is 1. The number of carbonyl (C=O) groups is 1. The van der Waals surface area contributed by atoms with Crippen molar-refractivity contribution in [1.29, 1.82) is 0 Å². The second-order valence-electron chi connectivity index (χ2n) is 4.69. The molecule has 3 N–H and O–H groups in total. The molecule has 1 aromatic rings. The Morgan fingerprint density at radius 2 is 2.28 bits per heavy atom. The van der Waals surface area contributed by atoms with E-state index in [0.717, 1.165) is 25.0 Å². The van der Waals surface area contributed by atoms with Gasteiger partial charge < -0.3 is 11.1 Å². The number of unbranched alkanes of at least 4 members (excludes halogenated alkanes) is 1. The summed E-state index contributed by atoms with van der Waals surface area (Å²) < 4.78 is 1.72. The van der Waals surface area contributed by atoms with Gasteiger partial charge in [-0.1, -0.05) is 5.21 Å². The lowest BCUT2D eigenvalue weighted by Gasteiger charge is -2.07. The number of nitrogens with zero attached hydrogens (tertiary/aromatic N) is 3. The van der Waals surface area contributed by atoms with Gasteiger partial charge in [0.2, 0.25) is 5.91 Å². The fraction of sp³-hybridized carbons (Fsp3) is 0.750. The second-order valence-corrected chi connectivity index (χ2v) is 4.69. The highest BCUT2D eigenvalue weighted by Gasteiger charge is 2.05. The van der Waals surface area contributed by atoms with Crippen LogP contribution in [0.15, 0.2) is 6.20 Å². The van der Waals surface area contributed by atoms with E-state index in [2.05, 4.69) is 15.6 Å². The first-order valence-electron chi connectivity index (χ1n) is 6.50. The maximum absolute atomic E-state index is 11.5. The van der Waals surface area contributed by atoms with Crippen molar-refractivity contribution in [3.05, 3.63) is 11.9 Å². The maximum atomic E-state index is 11.5. The molecule has 1 rings (SSSR count). The van der Waals surface area contributed by atoms with Crippen molar-refractivity contribution in [2.45, 2.75) is 52.1 Å². The lowest BCUT2D eigenvalue weighted by atomic mass is 10.2. The normalized spacial score (nSPS) is 10.9. The molecule has 0 bridgehead atoms. The van der Waals surface area contributed by atoms with E-state index in [1.165, 1.54) is 0 Å². The third-order valence-electron chi connectivity index (χ3n) is 2.49. The van der Waals surface area contributed by atoms with E-state index < -0.39 is 0 Å². The van der Waals surface area contributed by atoms with Crippen molar-refractivity contribution in [2.75, 3.05) is 6.54 Å². The Labute approximate surface area is 108 Å². The van der Waals surface area contributed by atoms with Crippen LogP contribution in [0.2, 0.25) is 0 Å². The Bertz CT molecular complexity index is 361. The Balaban J connectivity index is 2.28. The van der Waals surface area contributed by atoms with Crippen LogP contribution in [0.1, 0.15) is 38.8 Å². The van der Waals surface area contributed by atoms with Crippen LogP contribution in [-0.4, -0.2) is 33.5 Å². The van der Waals surface area contributed by atoms with Crippen LogP contribution in [0, 0.1) is 0 Å². The van der Waals surface area contributed by atoms with Gasteiger partial charge in [0.25, 0.3) is 0 Å². The number of aryl methyl sites for hydroxylation is 2. The minimum atomic E-state index is 0.0465. The number of hydrogen-bond donors (Lipinski definition) is 2. The van der Waals surface area contributed by atoms with Crippen molar-refractivity contribution in [3.8, 4) is 0 Å². The van der Waals surface area contributed by atoms with Crippen molar-refractivity contribution >= 4 is 5.91 Å². The first-order chi connectivity index (χ1) is 8.61. The average molecular weight is 253 g/mol. The van der Waals surface area contributed by atoms with Crippen LogP contribution >= 0.6 is 0 Å². The third kappa shape index (κ3) is 5.77. The van der Waals surface area contributed by atoms with Gasteiger partial charge in [0.1, 0.15) is 0 Å². The summed E-state index contributed by atoms with van der Waals surface area (Å²) in [5, 5.41) is 10.9. The quantitative estimate of drug-likeness (QED) is 0.660. The molecule has 0 aromatic carbocycles. The molecular formula is C12H23N5O. The Morgan fingerprint density at radius 3 is 2.94 bits per heavy atom. The van der Waals surface area contributed by atoms with Gasteiger partial charge in [0, 0.05) is 18.7 Å². The third-order valence-corrected chi connectivity index (χ3v) is 2.49. The summed E-state index contributed by atoms with van der Waals surface area (Å²) >= 11 is 0. The number of hydrogen-bond acceptors (Lipinski definition) is 4. The molecule has 6 nitrogen and oxygen atoms in total. The molecule has 0 aliphatic heterocycles. The Hall–Kier alpha value is -1.43. The van der Waals surface area contributed by atoms with Crippen LogP contribution < -0.4 is 11.1 Å². The van der Waals surface area contributed by atoms with Crippen LogP contribution in [0.5, 0.6) is 0 Å². The largest absolute Gasteiger partial charge is 0.354 e. The van der Waals surface area contributed by atoms with Crippen molar-refractivity contribution < 1.29 is 4.79 Å². The first kappa shape index (κ1) is 14.6. The molecule has 0 aliphatic rings. The van der Waals surface area contributed by atoms with E-state index in [4.69, 9.17) is 5.73 Å². The molecule has 0 radical (unpaired) electrons. The zero-order valence-corrected chi connectivity index (χ0v) is 11.2. The molecule has 0 unspecified atom stereocenters. The standard InChI is InChI=1S/C12H23N5O/c1-10(2)14-12(18)6-8-17-9-11(15-16-17)5-3-4-7-13/h9-10H,3-8,13H2,1-2H3,(H,14,18). The number of nitrogens with one attached hydrogen (secondary N) is 1. The molecule has 0 saturated heterocycles. The van der Waals surface area contributed by atoms with Gasteiger partial charge in [0.05, 0.1) is 12.2 Å². The SMILES string of the molecule is CC(C)NC(=O)CCn1cc(CCCCN)nn1. The second kappa shape index (κ2) is 7.81. The summed E-state index contributed by atoms with van der Waals surface area (Å²) in [7, 11) is 0. The summed E-state index contributed by atoms with van der Waals surface area (Å²) in [5.74, 6) is 0.0465. The van der Waals surface area contributed by atoms with E-state index in [9.17, 15) is 4.79 Å². The zero-order chi connectivity index (χ0) is 13.4. The minimum absolute atomic E-state index is 0.0465. The number of aromatic nitrogens is 3. The Morgan fingerprint density at radius 1 is 1.50 bits per heavy atom. The van der Waals surface area contributed by atoms with Gasteiger partial charge >= 0.3 is 0 Å². The van der Waals surface area contributed by atoms with E-state index >= 15 is 0 Å². The molecule has 0 spiro atoms. The van der Waals surface area contributed by atoms with Crippen molar-refractivity contribution in [1.82, 2.24) is 20.3 Å². The summed E-state index contributed by atoms with van der Waals surface area (Å²) in [6.45, 7) is 5.18. The number of nitrogens with two attached hydrogens (primary N) is 1. The van der Waals surface area contributed by atoms with Gasteiger partial charge in [-0.15, -0.1) is 5.10 Å². The van der Waals surface area contributed by atoms with Gasteiger partial charge in [-0.05, 0) is 39.7 Å². The van der Waals surface area contributed by atoms with Crippen LogP contribution in [0.3, 0.4) is 0 Å². The predicted octanol–water partition coefficient (Wildman–Crippen LogP) is 0.474. The summed E-state index contributed by atoms with van der Waals surface area (Å²) in [6.07, 6.45) is 5.27. The van der Waals surface area contributed by atoms with E-state index in [1.54, 1.807) is 4.68 Å². The molecule has 0 fully saturated rings. The molecule has 0 saturated carbocycles. The van der Waals surface area contributed by atoms with Gasteiger partial charge in [0.15, 0.2) is 0 Å². The highest BCUT2D eigenvalue weighted by atomic mass is 16.1. The fourth-order valence-electron chi connectivity index (χ4n) is 1.62. The lowest BCUT2D eigenvalue weighted by molar-refractivity contribution is -0.121. The first-order valence-corrected chi connectivity index (χ1v) is 6.50. The summed E-state index contributed by atoms with van der Waals surface area (Å²) in [4.78, 5) is 11.5. The van der Waals surface area contributed by atoms with Gasteiger partial charge in [-0.25, -0.2) is 0 Å². The molecule has 6 heteroatoms. The number of carbonyl (C=O) groups excluding carboxylic acids is 1. The fourth-order valence-corrected chi connectivity index (χ4v) is 1.62. The van der Waals surface area contributed by atoms with E-state index in [1.807, 2.05) is 20.0 Å². The zero-order valence-electron chi connectivity index (χ0n) is 11.2. The molecule has 18 heavy (non-hydrogen) atoms. The summed E-state index contributed by atoms with van der Waals surface area (Å²) in [6, 6.07) is 0.181. The van der Waals surface area contributed by atoms with Crippen LogP contribution in [-0.2, 0) is 17.8 Å². The Kier molecular flexibility index (Phi) is 6.35. The monoisotopic (exact) mass is 253 g/mol. The smallest absolute Gasteiger partial charge is 0.222 e. The van der Waals surface area contributed by atoms with Crippen LogP contribution in [0.4, 0.5) is 0 Å². The topological polar surface area (TPSA) is 85.8 Å². The van der Waals surface area contributed by atoms with Crippen LogP contribution in [0.25, 0.3) is 0 Å². The molecule has 1 amide bonds. The van der Waals surface area contributed by atoms with E-state index in [-0.39, 0.29) is 11.9 Å². The minimum Gasteiger partial charge on any atom is -0.354 e. The van der Waals surface area contributed by atoms with Gasteiger partial charge in [-0.3, -0.25) is 9.48 Å². The molecule has 102 valence electrons. The van der Waals surface area contributed by atoms with Gasteiger partial charge in [-0.2, -0.15) is 0 Å². The molecule has 0 atom stereocenters. The van der Waals surface area contributed by atoms with E-state index in [0.29, 0.717) is 19.5 Å². The highest BCUT2D eigenvalue weighted by molar-refractivity contribution is 5.75. The lowest BCUT2D eigenvalue weighted by Crippen LogP contribution is -2.30. The highest BCUT2D eigenvalue weighted by Crippen LogP contribution is 2.01. The maximum Gasteiger partial charge on any atom is 0.222 e. The van der Waals surface area contributed by atoms with Crippen molar-refractivity contribution in [2.24, 2.45) is 5.73 Å². The predicted molar refractivity (Wildman–Crippen MR) is 69.9 cm³/mol. The molecule has 0 aliphatic carbocycles. The molecular weight excluding hydrogens is 230 g/mol. The number of rotatable bonds is 8. The van der Waals surface area contributed by atoms with Crippen molar-refractivity contribution in [3.63, 3.8) is 0 Å². The molecule has 1 aromatic heterocycles. The summed E-state index contributed by atoms with van der Waals surface area (Å²) in [5.41, 5.74) is 6.40.